The minimum Gasteiger partial charge on any atom is -0.325 e. The number of anilines is 1. The standard InChI is InChI=1S/C15H11BrN2OS/c16-12-2-1-3-14(8-12)20-10-15(19)18-13-6-4-11(9-17)5-7-13/h1-8H,10H2,(H,18,19). The van der Waals surface area contributed by atoms with E-state index in [0.29, 0.717) is 17.0 Å². The number of nitrogens with zero attached hydrogens (tertiary/aromatic N) is 1. The normalized spacial score (nSPS) is 9.80. The molecule has 0 atom stereocenters. The number of carbonyl (C=O) groups excluding carboxylic acids is 1. The van der Waals surface area contributed by atoms with Crippen LogP contribution in [0.25, 0.3) is 0 Å². The Balaban J connectivity index is 1.87. The predicted octanol–water partition coefficient (Wildman–Crippen LogP) is 4.05. The lowest BCUT2D eigenvalue weighted by Crippen LogP contribution is -2.13. The molecule has 0 saturated heterocycles. The Morgan fingerprint density at radius 2 is 2.00 bits per heavy atom. The molecule has 100 valence electrons. The van der Waals surface area contributed by atoms with Crippen molar-refractivity contribution in [1.82, 2.24) is 0 Å². The highest BCUT2D eigenvalue weighted by atomic mass is 79.9. The van der Waals surface area contributed by atoms with Crippen LogP contribution in [0.15, 0.2) is 57.9 Å². The Bertz CT molecular complexity index is 650. The van der Waals surface area contributed by atoms with Crippen LogP contribution in [0, 0.1) is 11.3 Å². The van der Waals surface area contributed by atoms with Crippen molar-refractivity contribution < 1.29 is 4.79 Å². The van der Waals surface area contributed by atoms with E-state index in [1.807, 2.05) is 30.3 Å². The third-order valence-corrected chi connectivity index (χ3v) is 3.95. The highest BCUT2D eigenvalue weighted by Crippen LogP contribution is 2.22. The number of hydrogen-bond donors (Lipinski definition) is 1. The number of hydrogen-bond acceptors (Lipinski definition) is 3. The molecule has 0 radical (unpaired) electrons. The fraction of sp³-hybridized carbons (Fsp3) is 0.0667. The lowest BCUT2D eigenvalue weighted by Gasteiger charge is -2.05. The maximum absolute atomic E-state index is 11.8. The number of halogens is 1. The quantitative estimate of drug-likeness (QED) is 0.849. The van der Waals surface area contributed by atoms with Crippen LogP contribution < -0.4 is 5.32 Å². The third-order valence-electron chi connectivity index (χ3n) is 2.46. The second-order valence-electron chi connectivity index (χ2n) is 3.98. The van der Waals surface area contributed by atoms with Gasteiger partial charge in [-0.2, -0.15) is 5.26 Å². The summed E-state index contributed by atoms with van der Waals surface area (Å²) in [5.74, 6) is 0.274. The van der Waals surface area contributed by atoms with Gasteiger partial charge in [0.2, 0.25) is 5.91 Å². The number of nitrogens with one attached hydrogen (secondary N) is 1. The minimum atomic E-state index is -0.0697. The number of nitriles is 1. The summed E-state index contributed by atoms with van der Waals surface area (Å²) in [6, 6.07) is 16.7. The molecule has 1 amide bonds. The van der Waals surface area contributed by atoms with Crippen LogP contribution >= 0.6 is 27.7 Å². The van der Waals surface area contributed by atoms with Crippen LogP contribution in [0.5, 0.6) is 0 Å². The van der Waals surface area contributed by atoms with E-state index >= 15 is 0 Å². The summed E-state index contributed by atoms with van der Waals surface area (Å²) < 4.78 is 0.995. The second-order valence-corrected chi connectivity index (χ2v) is 5.95. The van der Waals surface area contributed by atoms with Gasteiger partial charge in [0, 0.05) is 15.1 Å². The van der Waals surface area contributed by atoms with Crippen molar-refractivity contribution in [2.24, 2.45) is 0 Å². The van der Waals surface area contributed by atoms with E-state index in [2.05, 4.69) is 21.2 Å². The molecular weight excluding hydrogens is 336 g/mol. The molecule has 0 aliphatic heterocycles. The Kier molecular flexibility index (Phi) is 5.22. The van der Waals surface area contributed by atoms with E-state index in [4.69, 9.17) is 5.26 Å². The van der Waals surface area contributed by atoms with Gasteiger partial charge in [-0.15, -0.1) is 11.8 Å². The molecule has 2 aromatic rings. The summed E-state index contributed by atoms with van der Waals surface area (Å²) in [5.41, 5.74) is 1.27. The van der Waals surface area contributed by atoms with Crippen molar-refractivity contribution in [2.45, 2.75) is 4.90 Å². The van der Waals surface area contributed by atoms with Crippen molar-refractivity contribution in [1.29, 1.82) is 5.26 Å². The smallest absolute Gasteiger partial charge is 0.234 e. The zero-order chi connectivity index (χ0) is 14.4. The summed E-state index contributed by atoms with van der Waals surface area (Å²) in [4.78, 5) is 12.9. The summed E-state index contributed by atoms with van der Waals surface area (Å²) in [5, 5.41) is 11.5. The first-order chi connectivity index (χ1) is 9.67. The number of amides is 1. The van der Waals surface area contributed by atoms with Gasteiger partial charge in [-0.3, -0.25) is 4.79 Å². The van der Waals surface area contributed by atoms with Gasteiger partial charge < -0.3 is 5.32 Å². The van der Waals surface area contributed by atoms with Crippen LogP contribution in [0.2, 0.25) is 0 Å². The molecule has 2 rings (SSSR count). The van der Waals surface area contributed by atoms with E-state index in [9.17, 15) is 4.79 Å². The van der Waals surface area contributed by atoms with Crippen LogP contribution in [0.3, 0.4) is 0 Å². The molecule has 2 aromatic carbocycles. The SMILES string of the molecule is N#Cc1ccc(NC(=O)CSc2cccc(Br)c2)cc1. The molecule has 0 aliphatic rings. The molecule has 0 aromatic heterocycles. The fourth-order valence-corrected chi connectivity index (χ4v) is 2.84. The molecule has 0 spiro atoms. The number of thioether (sulfide) groups is 1. The molecule has 0 saturated carbocycles. The first-order valence-corrected chi connectivity index (χ1v) is 7.63. The Morgan fingerprint density at radius 1 is 1.25 bits per heavy atom. The maximum Gasteiger partial charge on any atom is 0.234 e. The zero-order valence-electron chi connectivity index (χ0n) is 10.5. The first kappa shape index (κ1) is 14.6. The van der Waals surface area contributed by atoms with Gasteiger partial charge in [0.05, 0.1) is 17.4 Å². The highest BCUT2D eigenvalue weighted by Gasteiger charge is 2.04. The van der Waals surface area contributed by atoms with Crippen molar-refractivity contribution in [3.05, 3.63) is 58.6 Å². The Labute approximate surface area is 130 Å². The van der Waals surface area contributed by atoms with Gasteiger partial charge >= 0.3 is 0 Å². The average Bonchev–Trinajstić information content (AvgIpc) is 2.46. The van der Waals surface area contributed by atoms with E-state index in [1.54, 1.807) is 24.3 Å². The first-order valence-electron chi connectivity index (χ1n) is 5.86. The molecule has 0 fully saturated rings. The molecule has 3 nitrogen and oxygen atoms in total. The third kappa shape index (κ3) is 4.41. The van der Waals surface area contributed by atoms with E-state index in [0.717, 1.165) is 9.37 Å². The van der Waals surface area contributed by atoms with Gasteiger partial charge in [-0.1, -0.05) is 22.0 Å². The molecule has 0 aliphatic carbocycles. The molecule has 0 heterocycles. The monoisotopic (exact) mass is 346 g/mol. The Hall–Kier alpha value is -1.77. The predicted molar refractivity (Wildman–Crippen MR) is 84.7 cm³/mol. The van der Waals surface area contributed by atoms with Gasteiger partial charge in [0.1, 0.15) is 0 Å². The molecule has 0 bridgehead atoms. The van der Waals surface area contributed by atoms with Gasteiger partial charge in [-0.05, 0) is 42.5 Å². The van der Waals surface area contributed by atoms with Crippen LogP contribution in [-0.4, -0.2) is 11.7 Å². The minimum absolute atomic E-state index is 0.0697. The fourth-order valence-electron chi connectivity index (χ4n) is 1.53. The average molecular weight is 347 g/mol. The lowest BCUT2D eigenvalue weighted by atomic mass is 10.2. The van der Waals surface area contributed by atoms with E-state index in [-0.39, 0.29) is 5.91 Å². The van der Waals surface area contributed by atoms with E-state index in [1.165, 1.54) is 11.8 Å². The lowest BCUT2D eigenvalue weighted by molar-refractivity contribution is -0.113. The molecular formula is C15H11BrN2OS. The zero-order valence-corrected chi connectivity index (χ0v) is 12.9. The highest BCUT2D eigenvalue weighted by molar-refractivity contribution is 9.10. The van der Waals surface area contributed by atoms with Gasteiger partial charge in [0.15, 0.2) is 0 Å². The number of carbonyl (C=O) groups is 1. The maximum atomic E-state index is 11.8. The van der Waals surface area contributed by atoms with Gasteiger partial charge in [0.25, 0.3) is 0 Å². The van der Waals surface area contributed by atoms with E-state index < -0.39 is 0 Å². The van der Waals surface area contributed by atoms with Crippen LogP contribution in [-0.2, 0) is 4.79 Å². The van der Waals surface area contributed by atoms with Crippen molar-refractivity contribution in [2.75, 3.05) is 11.1 Å². The largest absolute Gasteiger partial charge is 0.325 e. The number of benzene rings is 2. The molecule has 0 unspecified atom stereocenters. The number of rotatable bonds is 4. The summed E-state index contributed by atoms with van der Waals surface area (Å²) in [6.45, 7) is 0. The van der Waals surface area contributed by atoms with Crippen molar-refractivity contribution in [3.8, 4) is 6.07 Å². The van der Waals surface area contributed by atoms with Crippen LogP contribution in [0.1, 0.15) is 5.56 Å². The van der Waals surface area contributed by atoms with Crippen molar-refractivity contribution >= 4 is 39.3 Å². The topological polar surface area (TPSA) is 52.9 Å². The van der Waals surface area contributed by atoms with Gasteiger partial charge in [-0.25, -0.2) is 0 Å². The molecule has 1 N–H and O–H groups in total. The summed E-state index contributed by atoms with van der Waals surface area (Å²) >= 11 is 4.87. The summed E-state index contributed by atoms with van der Waals surface area (Å²) in [6.07, 6.45) is 0. The molecule has 5 heteroatoms. The Morgan fingerprint density at radius 3 is 2.65 bits per heavy atom. The van der Waals surface area contributed by atoms with Crippen molar-refractivity contribution in [3.63, 3.8) is 0 Å². The summed E-state index contributed by atoms with van der Waals surface area (Å²) in [7, 11) is 0. The molecule has 20 heavy (non-hydrogen) atoms. The second kappa shape index (κ2) is 7.13. The van der Waals surface area contributed by atoms with Crippen LogP contribution in [0.4, 0.5) is 5.69 Å².